The first kappa shape index (κ1) is 20.8. The van der Waals surface area contributed by atoms with Crippen LogP contribution in [-0.4, -0.2) is 27.6 Å². The molecule has 0 aliphatic carbocycles. The fraction of sp³-hybridized carbons (Fsp3) is 0.200. The minimum atomic E-state index is -4.75. The molecule has 1 amide bonds. The van der Waals surface area contributed by atoms with Gasteiger partial charge in [0, 0.05) is 23.8 Å². The lowest BCUT2D eigenvalue weighted by molar-refractivity contribution is -0.274. The molecule has 0 unspecified atom stereocenters. The van der Waals surface area contributed by atoms with E-state index in [1.165, 1.54) is 23.9 Å². The van der Waals surface area contributed by atoms with E-state index in [2.05, 4.69) is 21.1 Å². The Bertz CT molecular complexity index is 981. The number of thioether (sulfide) groups is 1. The van der Waals surface area contributed by atoms with Crippen LogP contribution in [0.5, 0.6) is 5.75 Å². The molecule has 2 aromatic carbocycles. The highest BCUT2D eigenvalue weighted by Gasteiger charge is 2.30. The highest BCUT2D eigenvalue weighted by atomic mass is 32.2. The molecule has 5 nitrogen and oxygen atoms in total. The quantitative estimate of drug-likeness (QED) is 0.562. The molecule has 3 rings (SSSR count). The average Bonchev–Trinajstić information content (AvgIpc) is 3.08. The predicted octanol–water partition coefficient (Wildman–Crippen LogP) is 5.12. The van der Waals surface area contributed by atoms with E-state index in [0.717, 1.165) is 28.9 Å². The highest BCUT2D eigenvalue weighted by Crippen LogP contribution is 2.25. The number of nitrogens with zero attached hydrogens (tertiary/aromatic N) is 2. The Kier molecular flexibility index (Phi) is 6.17. The number of carbonyl (C=O) groups excluding carboxylic acids is 1. The van der Waals surface area contributed by atoms with Crippen molar-refractivity contribution in [2.24, 2.45) is 0 Å². The van der Waals surface area contributed by atoms with Crippen molar-refractivity contribution in [2.75, 3.05) is 11.1 Å². The van der Waals surface area contributed by atoms with Crippen LogP contribution in [0.3, 0.4) is 0 Å². The minimum absolute atomic E-state index is 0.0998. The van der Waals surface area contributed by atoms with E-state index in [9.17, 15) is 18.0 Å². The summed E-state index contributed by atoms with van der Waals surface area (Å²) >= 11 is 1.26. The van der Waals surface area contributed by atoms with E-state index < -0.39 is 6.36 Å². The zero-order valence-electron chi connectivity index (χ0n) is 15.7. The van der Waals surface area contributed by atoms with Gasteiger partial charge in [-0.05, 0) is 61.4 Å². The molecule has 0 aliphatic heterocycles. The number of benzene rings is 2. The van der Waals surface area contributed by atoms with Crippen LogP contribution in [0.25, 0.3) is 5.69 Å². The van der Waals surface area contributed by atoms with Gasteiger partial charge in [0.15, 0.2) is 5.16 Å². The molecule has 29 heavy (non-hydrogen) atoms. The first-order valence-electron chi connectivity index (χ1n) is 8.60. The van der Waals surface area contributed by atoms with Gasteiger partial charge in [0.25, 0.3) is 0 Å². The van der Waals surface area contributed by atoms with Crippen LogP contribution in [0.2, 0.25) is 0 Å². The summed E-state index contributed by atoms with van der Waals surface area (Å²) in [5, 5.41) is 3.30. The molecular formula is C20H18F3N3O2S. The van der Waals surface area contributed by atoms with Gasteiger partial charge in [-0.25, -0.2) is 4.98 Å². The smallest absolute Gasteiger partial charge is 0.406 e. The van der Waals surface area contributed by atoms with Crippen molar-refractivity contribution >= 4 is 23.4 Å². The molecule has 3 aromatic rings. The molecule has 0 saturated carbocycles. The van der Waals surface area contributed by atoms with Crippen LogP contribution >= 0.6 is 11.8 Å². The maximum Gasteiger partial charge on any atom is 0.573 e. The summed E-state index contributed by atoms with van der Waals surface area (Å²) in [4.78, 5) is 16.5. The summed E-state index contributed by atoms with van der Waals surface area (Å²) in [6.45, 7) is 4.03. The third kappa shape index (κ3) is 6.02. The molecule has 0 fully saturated rings. The van der Waals surface area contributed by atoms with Gasteiger partial charge >= 0.3 is 6.36 Å². The van der Waals surface area contributed by atoms with Gasteiger partial charge in [-0.3, -0.25) is 9.36 Å². The first-order chi connectivity index (χ1) is 13.7. The van der Waals surface area contributed by atoms with Gasteiger partial charge < -0.3 is 10.1 Å². The Morgan fingerprint density at radius 3 is 2.41 bits per heavy atom. The molecule has 1 heterocycles. The second-order valence-corrected chi connectivity index (χ2v) is 7.28. The number of nitrogens with one attached hydrogen (secondary N) is 1. The Morgan fingerprint density at radius 1 is 1.14 bits per heavy atom. The summed E-state index contributed by atoms with van der Waals surface area (Å²) in [5.41, 5.74) is 3.59. The number of halogens is 3. The average molecular weight is 421 g/mol. The lowest BCUT2D eigenvalue weighted by atomic mass is 10.1. The lowest BCUT2D eigenvalue weighted by Crippen LogP contribution is -2.17. The number of hydrogen-bond acceptors (Lipinski definition) is 4. The number of anilines is 1. The van der Waals surface area contributed by atoms with Crippen LogP contribution in [0.4, 0.5) is 18.9 Å². The number of aryl methyl sites for hydroxylation is 2. The number of hydrogen-bond donors (Lipinski definition) is 1. The zero-order valence-corrected chi connectivity index (χ0v) is 16.5. The van der Waals surface area contributed by atoms with Crippen LogP contribution in [0, 0.1) is 13.8 Å². The van der Waals surface area contributed by atoms with Crippen LogP contribution < -0.4 is 10.1 Å². The summed E-state index contributed by atoms with van der Waals surface area (Å²) in [7, 11) is 0. The van der Waals surface area contributed by atoms with Gasteiger partial charge in [0.05, 0.1) is 5.75 Å². The van der Waals surface area contributed by atoms with Gasteiger partial charge in [-0.15, -0.1) is 13.2 Å². The zero-order chi connectivity index (χ0) is 21.0. The molecule has 9 heteroatoms. The number of aromatic nitrogens is 2. The number of rotatable bonds is 6. The lowest BCUT2D eigenvalue weighted by Gasteiger charge is -2.11. The standard InChI is InChI=1S/C20H18F3N3O2S/c1-13-9-14(2)11-16(10-13)26-8-7-24-19(26)29-12-18(27)25-15-3-5-17(6-4-15)28-20(21,22)23/h3-11H,12H2,1-2H3,(H,25,27). The van der Waals surface area contributed by atoms with Crippen molar-refractivity contribution < 1.29 is 22.7 Å². The Balaban J connectivity index is 1.60. The van der Waals surface area contributed by atoms with Crippen molar-refractivity contribution in [2.45, 2.75) is 25.4 Å². The van der Waals surface area contributed by atoms with E-state index in [1.807, 2.05) is 36.7 Å². The van der Waals surface area contributed by atoms with E-state index in [0.29, 0.717) is 10.8 Å². The number of amides is 1. The summed E-state index contributed by atoms with van der Waals surface area (Å²) in [6.07, 6.45) is -1.26. The maximum absolute atomic E-state index is 12.2. The number of carbonyl (C=O) groups is 1. The van der Waals surface area contributed by atoms with Gasteiger partial charge in [0.2, 0.25) is 5.91 Å². The summed E-state index contributed by atoms with van der Waals surface area (Å²) in [6, 6.07) is 11.1. The summed E-state index contributed by atoms with van der Waals surface area (Å²) < 4.78 is 42.3. The SMILES string of the molecule is Cc1cc(C)cc(-n2ccnc2SCC(=O)Nc2ccc(OC(F)(F)F)cc2)c1. The number of alkyl halides is 3. The summed E-state index contributed by atoms with van der Waals surface area (Å²) in [5.74, 6) is -0.544. The number of imidazole rings is 1. The first-order valence-corrected chi connectivity index (χ1v) is 9.59. The van der Waals surface area contributed by atoms with Gasteiger partial charge in [-0.2, -0.15) is 0 Å². The van der Waals surface area contributed by atoms with Crippen LogP contribution in [-0.2, 0) is 4.79 Å². The van der Waals surface area contributed by atoms with Crippen LogP contribution in [0.15, 0.2) is 60.0 Å². The second kappa shape index (κ2) is 8.60. The Morgan fingerprint density at radius 2 is 1.79 bits per heavy atom. The third-order valence-corrected chi connectivity index (χ3v) is 4.76. The van der Waals surface area contributed by atoms with E-state index in [4.69, 9.17) is 0 Å². The molecule has 0 saturated heterocycles. The van der Waals surface area contributed by atoms with Gasteiger partial charge in [0.1, 0.15) is 5.75 Å². The van der Waals surface area contributed by atoms with Crippen molar-refractivity contribution in [1.82, 2.24) is 9.55 Å². The molecule has 152 valence electrons. The second-order valence-electron chi connectivity index (χ2n) is 6.33. The third-order valence-electron chi connectivity index (χ3n) is 3.80. The molecule has 1 aromatic heterocycles. The van der Waals surface area contributed by atoms with Crippen molar-refractivity contribution in [3.63, 3.8) is 0 Å². The minimum Gasteiger partial charge on any atom is -0.406 e. The van der Waals surface area contributed by atoms with Crippen molar-refractivity contribution in [3.8, 4) is 11.4 Å². The largest absolute Gasteiger partial charge is 0.573 e. The van der Waals surface area contributed by atoms with Crippen molar-refractivity contribution in [3.05, 3.63) is 66.0 Å². The molecule has 0 spiro atoms. The normalized spacial score (nSPS) is 11.3. The Hall–Kier alpha value is -2.94. The van der Waals surface area contributed by atoms with Crippen molar-refractivity contribution in [1.29, 1.82) is 0 Å². The van der Waals surface area contributed by atoms with Gasteiger partial charge in [-0.1, -0.05) is 17.8 Å². The van der Waals surface area contributed by atoms with E-state index in [-0.39, 0.29) is 17.4 Å². The monoisotopic (exact) mass is 421 g/mol. The van der Waals surface area contributed by atoms with E-state index in [1.54, 1.807) is 6.20 Å². The van der Waals surface area contributed by atoms with Crippen LogP contribution in [0.1, 0.15) is 11.1 Å². The van der Waals surface area contributed by atoms with E-state index >= 15 is 0 Å². The molecule has 0 atom stereocenters. The molecule has 1 N–H and O–H groups in total. The fourth-order valence-corrected chi connectivity index (χ4v) is 3.52. The topological polar surface area (TPSA) is 56.2 Å². The molecule has 0 radical (unpaired) electrons. The molecule has 0 aliphatic rings. The highest BCUT2D eigenvalue weighted by molar-refractivity contribution is 7.99. The molecule has 0 bridgehead atoms. The Labute approximate surface area is 169 Å². The molecular weight excluding hydrogens is 403 g/mol. The predicted molar refractivity (Wildman–Crippen MR) is 106 cm³/mol. The maximum atomic E-state index is 12.2. The number of ether oxygens (including phenoxy) is 1. The fourth-order valence-electron chi connectivity index (χ4n) is 2.75.